The van der Waals surface area contributed by atoms with Gasteiger partial charge in [0.25, 0.3) is 0 Å². The van der Waals surface area contributed by atoms with Gasteiger partial charge in [-0.2, -0.15) is 4.24 Å². The lowest BCUT2D eigenvalue weighted by molar-refractivity contribution is -0.514. The lowest BCUT2D eigenvalue weighted by Gasteiger charge is -2.36. The average Bonchev–Trinajstić information content (AvgIpc) is 3.16. The summed E-state index contributed by atoms with van der Waals surface area (Å²) in [4.78, 5) is 0. The Kier molecular flexibility index (Phi) is 11.6. The molecule has 276 valence electrons. The predicted octanol–water partition coefficient (Wildman–Crippen LogP) is 10.2. The van der Waals surface area contributed by atoms with Gasteiger partial charge in [-0.15, -0.1) is 12.1 Å². The fraction of sp³-hybridized carbons (Fsp3) is 0.314. The summed E-state index contributed by atoms with van der Waals surface area (Å²) in [5.41, 5.74) is 10.5. The molecule has 0 bridgehead atoms. The van der Waals surface area contributed by atoms with E-state index in [-0.39, 0.29) is 0 Å². The first-order valence-electron chi connectivity index (χ1n) is 20.1. The molecule has 2 aliphatic carbocycles. The molecule has 2 aliphatic heterocycles. The van der Waals surface area contributed by atoms with Gasteiger partial charge in [0.2, 0.25) is 5.35 Å². The quantitative estimate of drug-likeness (QED) is 0.139. The summed E-state index contributed by atoms with van der Waals surface area (Å²) in [5.74, 6) is 2.59. The highest BCUT2D eigenvalue weighted by molar-refractivity contribution is 5.61. The van der Waals surface area contributed by atoms with Crippen molar-refractivity contribution in [2.24, 2.45) is 23.7 Å². The predicted molar refractivity (Wildman–Crippen MR) is 225 cm³/mol. The van der Waals surface area contributed by atoms with Crippen LogP contribution in [-0.2, 0) is 6.42 Å². The van der Waals surface area contributed by atoms with Crippen molar-refractivity contribution in [2.75, 3.05) is 0 Å². The maximum atomic E-state index is 4.41. The maximum absolute atomic E-state index is 4.41. The minimum Gasteiger partial charge on any atom is -0.255 e. The molecule has 3 heteroatoms. The fourth-order valence-electron chi connectivity index (χ4n) is 9.15. The van der Waals surface area contributed by atoms with Crippen LogP contribution in [-0.4, -0.2) is 22.6 Å². The number of benzene rings is 2. The van der Waals surface area contributed by atoms with Crippen LogP contribution in [0.1, 0.15) is 86.1 Å². The van der Waals surface area contributed by atoms with Gasteiger partial charge in [0.1, 0.15) is 31.2 Å². The molecule has 2 aromatic carbocycles. The molecule has 0 radical (unpaired) electrons. The summed E-state index contributed by atoms with van der Waals surface area (Å²) in [5, 5.41) is 1.20. The van der Waals surface area contributed by atoms with Crippen molar-refractivity contribution >= 4 is 19.0 Å². The van der Waals surface area contributed by atoms with Crippen LogP contribution < -0.4 is 9.59 Å². The molecule has 1 saturated carbocycles. The Bertz CT molecular complexity index is 2190. The van der Waals surface area contributed by atoms with Crippen molar-refractivity contribution in [3.8, 4) is 0 Å². The van der Waals surface area contributed by atoms with E-state index in [0.717, 1.165) is 43.1 Å². The molecule has 7 rings (SSSR count). The first kappa shape index (κ1) is 37.2. The Morgan fingerprint density at radius 2 is 1.33 bits per heavy atom. The summed E-state index contributed by atoms with van der Waals surface area (Å²) in [6.07, 6.45) is 35.6. The van der Waals surface area contributed by atoms with Crippen LogP contribution in [0.25, 0.3) is 5.57 Å². The Morgan fingerprint density at radius 3 is 1.94 bits per heavy atom. The monoisotopic (exact) mass is 712 g/mol. The zero-order chi connectivity index (χ0) is 37.6. The van der Waals surface area contributed by atoms with E-state index < -0.39 is 0 Å². The van der Waals surface area contributed by atoms with Gasteiger partial charge in [-0.1, -0.05) is 97.8 Å². The summed E-state index contributed by atoms with van der Waals surface area (Å²) >= 11 is 0. The third-order valence-corrected chi connectivity index (χ3v) is 12.1. The number of allylic oxidation sites excluding steroid dienone is 8. The normalized spacial score (nSPS) is 23.5. The van der Waals surface area contributed by atoms with Crippen molar-refractivity contribution in [3.63, 3.8) is 0 Å². The van der Waals surface area contributed by atoms with Gasteiger partial charge in [-0.25, -0.2) is 0 Å². The van der Waals surface area contributed by atoms with Crippen LogP contribution in [0, 0.1) is 56.3 Å². The SMILES string of the molecule is C=[N+]1C=C(CC[C@@H]2C[C@H](CCC3=C[N+](=C)[C-](c4ccccc4C)C=C3)C[C@H](CCc3ccc(=C4C=CC=CC4C)[n+](=C)c3)C2)C=C[C-]1c1cccc(C)c1. The molecule has 54 heavy (non-hydrogen) atoms. The van der Waals surface area contributed by atoms with Gasteiger partial charge in [0.05, 0.1) is 13.4 Å². The molecule has 0 amide bonds. The molecule has 1 aromatic heterocycles. The van der Waals surface area contributed by atoms with E-state index in [1.807, 2.05) is 0 Å². The van der Waals surface area contributed by atoms with E-state index >= 15 is 0 Å². The van der Waals surface area contributed by atoms with E-state index in [1.165, 1.54) is 94.5 Å². The number of aryl methyl sites for hydroxylation is 3. The van der Waals surface area contributed by atoms with Gasteiger partial charge in [0.15, 0.2) is 6.20 Å². The minimum absolute atomic E-state index is 0.402. The molecule has 3 heterocycles. The van der Waals surface area contributed by atoms with Crippen LogP contribution >= 0.6 is 0 Å². The second-order valence-electron chi connectivity index (χ2n) is 16.3. The molecule has 1 fully saturated rings. The van der Waals surface area contributed by atoms with E-state index in [4.69, 9.17) is 0 Å². The molecule has 4 aliphatic rings. The first-order chi connectivity index (χ1) is 26.2. The van der Waals surface area contributed by atoms with E-state index in [9.17, 15) is 0 Å². The van der Waals surface area contributed by atoms with Crippen molar-refractivity contribution in [1.29, 1.82) is 0 Å². The van der Waals surface area contributed by atoms with Gasteiger partial charge < -0.3 is 0 Å². The van der Waals surface area contributed by atoms with E-state index in [2.05, 4.69) is 182 Å². The van der Waals surface area contributed by atoms with Crippen LogP contribution in [0.15, 0.2) is 139 Å². The van der Waals surface area contributed by atoms with Crippen LogP contribution in [0.3, 0.4) is 0 Å². The highest BCUT2D eigenvalue weighted by Crippen LogP contribution is 2.41. The molecule has 1 unspecified atom stereocenters. The Balaban J connectivity index is 1.01. The first-order valence-corrected chi connectivity index (χ1v) is 20.1. The third-order valence-electron chi connectivity index (χ3n) is 12.1. The fourth-order valence-corrected chi connectivity index (χ4v) is 9.15. The van der Waals surface area contributed by atoms with Crippen molar-refractivity contribution in [3.05, 3.63) is 191 Å². The summed E-state index contributed by atoms with van der Waals surface area (Å²) in [6, 6.07) is 24.2. The molecular weight excluding hydrogens is 655 g/mol. The lowest BCUT2D eigenvalue weighted by atomic mass is 9.70. The number of pyridine rings is 1. The van der Waals surface area contributed by atoms with Gasteiger partial charge in [0, 0.05) is 23.1 Å². The zero-order valence-electron chi connectivity index (χ0n) is 32.8. The van der Waals surface area contributed by atoms with E-state index in [1.54, 1.807) is 0 Å². The maximum Gasteiger partial charge on any atom is 0.213 e. The lowest BCUT2D eigenvalue weighted by Crippen LogP contribution is -2.38. The summed E-state index contributed by atoms with van der Waals surface area (Å²) in [6.45, 7) is 19.8. The van der Waals surface area contributed by atoms with Crippen molar-refractivity contribution < 1.29 is 13.4 Å². The Labute approximate surface area is 324 Å². The number of hydrogen-bond donors (Lipinski definition) is 0. The second-order valence-corrected chi connectivity index (χ2v) is 16.3. The van der Waals surface area contributed by atoms with Gasteiger partial charge in [-0.05, 0) is 123 Å². The smallest absolute Gasteiger partial charge is 0.213 e. The number of nitrogens with zero attached hydrogens (tertiary/aromatic N) is 3. The van der Waals surface area contributed by atoms with Crippen molar-refractivity contribution in [1.82, 2.24) is 0 Å². The second kappa shape index (κ2) is 16.9. The number of aromatic nitrogens is 1. The van der Waals surface area contributed by atoms with Crippen molar-refractivity contribution in [2.45, 2.75) is 78.6 Å². The number of hydrogen-bond acceptors (Lipinski definition) is 0. The Hall–Kier alpha value is -5.15. The minimum atomic E-state index is 0.402. The largest absolute Gasteiger partial charge is 0.255 e. The van der Waals surface area contributed by atoms with Crippen LogP contribution in [0.4, 0.5) is 0 Å². The van der Waals surface area contributed by atoms with Gasteiger partial charge >= 0.3 is 0 Å². The number of rotatable bonds is 11. The summed E-state index contributed by atoms with van der Waals surface area (Å²) in [7, 11) is 0. The molecule has 3 nitrogen and oxygen atoms in total. The van der Waals surface area contributed by atoms with E-state index in [0.29, 0.717) is 5.92 Å². The highest BCUT2D eigenvalue weighted by atomic mass is 15.0. The highest BCUT2D eigenvalue weighted by Gasteiger charge is 2.29. The third kappa shape index (κ3) is 8.96. The molecule has 0 N–H and O–H groups in total. The average molecular weight is 713 g/mol. The van der Waals surface area contributed by atoms with Gasteiger partial charge in [-0.3, -0.25) is 9.15 Å². The molecular formula is C51H58N3+. The topological polar surface area (TPSA) is 11.9 Å². The standard InChI is InChI=1S/C51H58N3/c1-37-12-11-15-46(30-37)49-27-24-40(34-52(49)4)18-21-43-31-44(22-19-41-25-28-50(53(5)35-41)47-16-9-7-13-38(47)2)33-45(32-43)23-20-42-26-29-51(54(6)36-42)48-17-10-8-14-39(48)3/h7-17,24-30,34-36,38,43-45H,4-6,18-23,31-33H2,1-3H3/q+1/t38?,43-,44+,45-/m0/s1. The molecule has 3 aromatic rings. The van der Waals surface area contributed by atoms with Crippen LogP contribution in [0.5, 0.6) is 0 Å². The van der Waals surface area contributed by atoms with Crippen LogP contribution in [0.2, 0.25) is 0 Å². The Morgan fingerprint density at radius 1 is 0.685 bits per heavy atom. The molecule has 0 spiro atoms. The molecule has 4 atom stereocenters. The zero-order valence-corrected chi connectivity index (χ0v) is 32.8. The molecule has 0 saturated heterocycles. The summed E-state index contributed by atoms with van der Waals surface area (Å²) < 4.78 is 6.23.